The van der Waals surface area contributed by atoms with Gasteiger partial charge in [0.1, 0.15) is 0 Å². The van der Waals surface area contributed by atoms with Crippen LogP contribution in [0.2, 0.25) is 15.1 Å². The summed E-state index contributed by atoms with van der Waals surface area (Å²) in [5, 5.41) is 4.71. The van der Waals surface area contributed by atoms with E-state index in [0.29, 0.717) is 32.1 Å². The third kappa shape index (κ3) is 2.78. The van der Waals surface area contributed by atoms with Crippen molar-refractivity contribution in [1.82, 2.24) is 0 Å². The van der Waals surface area contributed by atoms with Crippen molar-refractivity contribution in [3.63, 3.8) is 0 Å². The number of rotatable bonds is 2. The van der Waals surface area contributed by atoms with Crippen LogP contribution in [-0.4, -0.2) is 0 Å². The summed E-state index contributed by atoms with van der Waals surface area (Å²) in [7, 11) is 0. The summed E-state index contributed by atoms with van der Waals surface area (Å²) in [6.45, 7) is 0. The summed E-state index contributed by atoms with van der Waals surface area (Å²) in [6.07, 6.45) is 0. The average Bonchev–Trinajstić information content (AvgIpc) is 2.28. The van der Waals surface area contributed by atoms with Gasteiger partial charge in [-0.15, -0.1) is 0 Å². The van der Waals surface area contributed by atoms with E-state index < -0.39 is 0 Å². The minimum atomic E-state index is 0.525. The minimum Gasteiger partial charge on any atom is -0.397 e. The lowest BCUT2D eigenvalue weighted by Crippen LogP contribution is -1.97. The van der Waals surface area contributed by atoms with E-state index in [2.05, 4.69) is 5.32 Å². The normalized spacial score (nSPS) is 10.3. The van der Waals surface area contributed by atoms with Crippen molar-refractivity contribution in [3.8, 4) is 0 Å². The highest BCUT2D eigenvalue weighted by atomic mass is 35.5. The number of benzene rings is 2. The molecule has 0 aromatic heterocycles. The number of halogens is 3. The third-order valence-electron chi connectivity index (χ3n) is 2.24. The van der Waals surface area contributed by atoms with E-state index in [1.807, 2.05) is 0 Å². The summed E-state index contributed by atoms with van der Waals surface area (Å²) in [6, 6.07) is 10.4. The molecule has 0 aliphatic rings. The fourth-order valence-corrected chi connectivity index (χ4v) is 2.05. The maximum absolute atomic E-state index is 6.05. The van der Waals surface area contributed by atoms with Gasteiger partial charge in [-0.05, 0) is 30.3 Å². The first-order valence-electron chi connectivity index (χ1n) is 4.84. The Bertz CT molecular complexity index is 535. The maximum atomic E-state index is 6.05. The predicted molar refractivity (Wildman–Crippen MR) is 75.6 cm³/mol. The zero-order chi connectivity index (χ0) is 12.4. The Kier molecular flexibility index (Phi) is 3.67. The van der Waals surface area contributed by atoms with Gasteiger partial charge in [-0.1, -0.05) is 40.9 Å². The van der Waals surface area contributed by atoms with Gasteiger partial charge in [0.15, 0.2) is 0 Å². The molecule has 5 heteroatoms. The lowest BCUT2D eigenvalue weighted by atomic mass is 10.2. The molecule has 0 aliphatic carbocycles. The Morgan fingerprint density at radius 3 is 2.24 bits per heavy atom. The number of hydrogen-bond donors (Lipinski definition) is 2. The number of nitrogens with two attached hydrogens (primary N) is 1. The first kappa shape index (κ1) is 12.4. The highest BCUT2D eigenvalue weighted by Crippen LogP contribution is 2.35. The third-order valence-corrected chi connectivity index (χ3v) is 3.10. The van der Waals surface area contributed by atoms with E-state index >= 15 is 0 Å². The van der Waals surface area contributed by atoms with Crippen molar-refractivity contribution in [2.75, 3.05) is 11.1 Å². The van der Waals surface area contributed by atoms with Gasteiger partial charge in [-0.3, -0.25) is 0 Å². The Balaban J connectivity index is 2.41. The number of nitrogens with one attached hydrogen (secondary N) is 1. The maximum Gasteiger partial charge on any atom is 0.0763 e. The average molecular weight is 288 g/mol. The SMILES string of the molecule is Nc1ccc(Cl)cc1Nc1c(Cl)cccc1Cl. The van der Waals surface area contributed by atoms with Gasteiger partial charge >= 0.3 is 0 Å². The summed E-state index contributed by atoms with van der Waals surface area (Å²) in [4.78, 5) is 0. The number of hydrogen-bond acceptors (Lipinski definition) is 2. The molecule has 0 saturated carbocycles. The number of anilines is 3. The Morgan fingerprint density at radius 2 is 1.59 bits per heavy atom. The molecule has 0 fully saturated rings. The van der Waals surface area contributed by atoms with Crippen molar-refractivity contribution in [1.29, 1.82) is 0 Å². The summed E-state index contributed by atoms with van der Waals surface area (Å²) < 4.78 is 0. The van der Waals surface area contributed by atoms with Gasteiger partial charge in [0.2, 0.25) is 0 Å². The zero-order valence-electron chi connectivity index (χ0n) is 8.68. The molecule has 2 nitrogen and oxygen atoms in total. The van der Waals surface area contributed by atoms with Crippen molar-refractivity contribution in [2.24, 2.45) is 0 Å². The zero-order valence-corrected chi connectivity index (χ0v) is 10.9. The van der Waals surface area contributed by atoms with Crippen LogP contribution in [0.5, 0.6) is 0 Å². The molecule has 0 atom stereocenters. The first-order chi connectivity index (χ1) is 8.08. The van der Waals surface area contributed by atoms with E-state index in [0.717, 1.165) is 0 Å². The number of nitrogen functional groups attached to an aromatic ring is 1. The highest BCUT2D eigenvalue weighted by Gasteiger charge is 2.07. The van der Waals surface area contributed by atoms with Gasteiger partial charge in [-0.2, -0.15) is 0 Å². The van der Waals surface area contributed by atoms with E-state index in [1.54, 1.807) is 36.4 Å². The van der Waals surface area contributed by atoms with Crippen molar-refractivity contribution in [2.45, 2.75) is 0 Å². The van der Waals surface area contributed by atoms with Crippen molar-refractivity contribution in [3.05, 3.63) is 51.5 Å². The summed E-state index contributed by atoms with van der Waals surface area (Å²) in [5.41, 5.74) is 7.69. The topological polar surface area (TPSA) is 38.0 Å². The van der Waals surface area contributed by atoms with Gasteiger partial charge in [0.25, 0.3) is 0 Å². The second-order valence-corrected chi connectivity index (χ2v) is 4.70. The van der Waals surface area contributed by atoms with Crippen LogP contribution in [-0.2, 0) is 0 Å². The molecule has 2 aromatic carbocycles. The molecule has 2 aromatic rings. The molecule has 0 aliphatic heterocycles. The lowest BCUT2D eigenvalue weighted by molar-refractivity contribution is 1.54. The summed E-state index contributed by atoms with van der Waals surface area (Å²) >= 11 is 18.0. The fraction of sp³-hybridized carbons (Fsp3) is 0. The van der Waals surface area contributed by atoms with Gasteiger partial charge < -0.3 is 11.1 Å². The van der Waals surface area contributed by atoms with E-state index in [4.69, 9.17) is 40.5 Å². The van der Waals surface area contributed by atoms with Crippen LogP contribution in [0.1, 0.15) is 0 Å². The van der Waals surface area contributed by atoms with Crippen LogP contribution in [0.3, 0.4) is 0 Å². The smallest absolute Gasteiger partial charge is 0.0763 e. The van der Waals surface area contributed by atoms with E-state index in [1.165, 1.54) is 0 Å². The largest absolute Gasteiger partial charge is 0.397 e. The molecule has 0 saturated heterocycles. The number of para-hydroxylation sites is 1. The quantitative estimate of drug-likeness (QED) is 0.765. The van der Waals surface area contributed by atoms with Gasteiger partial charge in [0, 0.05) is 5.02 Å². The minimum absolute atomic E-state index is 0.525. The molecule has 2 rings (SSSR count). The van der Waals surface area contributed by atoms with Gasteiger partial charge in [0.05, 0.1) is 27.1 Å². The van der Waals surface area contributed by atoms with Crippen LogP contribution in [0, 0.1) is 0 Å². The Morgan fingerprint density at radius 1 is 0.941 bits per heavy atom. The Hall–Kier alpha value is -1.09. The standard InChI is InChI=1S/C12H9Cl3N2/c13-7-4-5-10(16)11(6-7)17-12-8(14)2-1-3-9(12)15/h1-6,17H,16H2. The van der Waals surface area contributed by atoms with Crippen LogP contribution in [0.15, 0.2) is 36.4 Å². The Labute approximate surface area is 114 Å². The molecule has 0 amide bonds. The second-order valence-electron chi connectivity index (χ2n) is 3.45. The molecule has 0 bridgehead atoms. The first-order valence-corrected chi connectivity index (χ1v) is 5.97. The van der Waals surface area contributed by atoms with Crippen molar-refractivity contribution < 1.29 is 0 Å². The van der Waals surface area contributed by atoms with Crippen molar-refractivity contribution >= 4 is 51.9 Å². The lowest BCUT2D eigenvalue weighted by Gasteiger charge is -2.12. The predicted octanol–water partition coefficient (Wildman–Crippen LogP) is 4.97. The second kappa shape index (κ2) is 5.05. The van der Waals surface area contributed by atoms with Crippen LogP contribution >= 0.6 is 34.8 Å². The molecular weight excluding hydrogens is 279 g/mol. The molecule has 0 heterocycles. The molecule has 0 spiro atoms. The molecule has 17 heavy (non-hydrogen) atoms. The van der Waals surface area contributed by atoms with Crippen LogP contribution in [0.4, 0.5) is 17.1 Å². The van der Waals surface area contributed by atoms with E-state index in [9.17, 15) is 0 Å². The summed E-state index contributed by atoms with van der Waals surface area (Å²) in [5.74, 6) is 0. The molecular formula is C12H9Cl3N2. The molecule has 0 radical (unpaired) electrons. The fourth-order valence-electron chi connectivity index (χ4n) is 1.39. The van der Waals surface area contributed by atoms with Crippen LogP contribution in [0.25, 0.3) is 0 Å². The molecule has 88 valence electrons. The van der Waals surface area contributed by atoms with Crippen LogP contribution < -0.4 is 11.1 Å². The van der Waals surface area contributed by atoms with E-state index in [-0.39, 0.29) is 0 Å². The molecule has 3 N–H and O–H groups in total. The highest BCUT2D eigenvalue weighted by molar-refractivity contribution is 6.39. The molecule has 0 unspecified atom stereocenters. The monoisotopic (exact) mass is 286 g/mol. The van der Waals surface area contributed by atoms with Gasteiger partial charge in [-0.25, -0.2) is 0 Å².